The lowest BCUT2D eigenvalue weighted by Crippen LogP contribution is -2.35. The maximum absolute atomic E-state index is 12.0. The van der Waals surface area contributed by atoms with E-state index in [9.17, 15) is 4.79 Å². The summed E-state index contributed by atoms with van der Waals surface area (Å²) in [6.45, 7) is 8.34. The minimum atomic E-state index is -0.205. The Labute approximate surface area is 113 Å². The Hall–Kier alpha value is -1.85. The van der Waals surface area contributed by atoms with Gasteiger partial charge in [0.15, 0.2) is 0 Å². The van der Waals surface area contributed by atoms with Gasteiger partial charge in [-0.2, -0.15) is 4.98 Å². The summed E-state index contributed by atoms with van der Waals surface area (Å²) in [5.74, 6) is 0.534. The van der Waals surface area contributed by atoms with Crippen molar-refractivity contribution in [2.45, 2.75) is 40.3 Å². The molecule has 1 N–H and O–H groups in total. The zero-order chi connectivity index (χ0) is 14.2. The van der Waals surface area contributed by atoms with Gasteiger partial charge in [0.25, 0.3) is 0 Å². The molecule has 0 aliphatic rings. The molecule has 5 nitrogen and oxygen atoms in total. The number of aromatic nitrogens is 3. The van der Waals surface area contributed by atoms with Crippen LogP contribution < -0.4 is 16.3 Å². The molecule has 0 atom stereocenters. The maximum Gasteiger partial charge on any atom is 0.245 e. The molecule has 0 aromatic carbocycles. The third-order valence-corrected chi connectivity index (χ3v) is 2.90. The highest BCUT2D eigenvalue weighted by atomic mass is 16.1. The van der Waals surface area contributed by atoms with Gasteiger partial charge in [0.1, 0.15) is 13.5 Å². The first-order chi connectivity index (χ1) is 8.93. The van der Waals surface area contributed by atoms with Crippen molar-refractivity contribution in [1.82, 2.24) is 14.5 Å². The van der Waals surface area contributed by atoms with E-state index in [2.05, 4.69) is 15.3 Å². The Balaban J connectivity index is 2.78. The first-order valence-corrected chi connectivity index (χ1v) is 6.38. The van der Waals surface area contributed by atoms with Gasteiger partial charge in [0.2, 0.25) is 11.5 Å². The van der Waals surface area contributed by atoms with Crippen LogP contribution in [0.3, 0.4) is 0 Å². The minimum absolute atomic E-state index is 0.205. The summed E-state index contributed by atoms with van der Waals surface area (Å²) in [5, 5.41) is 3.97. The van der Waals surface area contributed by atoms with Crippen molar-refractivity contribution in [2.75, 3.05) is 5.32 Å². The number of hydrogen-bond acceptors (Lipinski definition) is 4. The van der Waals surface area contributed by atoms with Gasteiger partial charge < -0.3 is 5.32 Å². The average Bonchev–Trinajstić information content (AvgIpc) is 2.31. The topological polar surface area (TPSA) is 59.8 Å². The third kappa shape index (κ3) is 2.48. The van der Waals surface area contributed by atoms with Crippen LogP contribution in [0.15, 0.2) is 10.9 Å². The molecule has 0 saturated heterocycles. The molecule has 2 rings (SSSR count). The number of fused-ring (bicyclic) bond motifs is 1. The molecule has 2 heterocycles. The number of hydrogen-bond donors (Lipinski definition) is 1. The number of rotatable bonds is 3. The van der Waals surface area contributed by atoms with Gasteiger partial charge >= 0.3 is 0 Å². The van der Waals surface area contributed by atoms with E-state index in [1.54, 1.807) is 10.6 Å². The van der Waals surface area contributed by atoms with E-state index in [0.29, 0.717) is 18.1 Å². The second kappa shape index (κ2) is 5.03. The highest BCUT2D eigenvalue weighted by Crippen LogP contribution is 2.15. The van der Waals surface area contributed by atoms with Crippen LogP contribution in [0.4, 0.5) is 5.95 Å². The molecule has 0 amide bonds. The van der Waals surface area contributed by atoms with Crippen LogP contribution in [0.25, 0.3) is 11.0 Å². The molecule has 2 aromatic heterocycles. The molecule has 98 valence electrons. The summed E-state index contributed by atoms with van der Waals surface area (Å²) < 4.78 is 1.57. The van der Waals surface area contributed by atoms with E-state index in [4.69, 9.17) is 7.85 Å². The smallest absolute Gasteiger partial charge is 0.245 e. The zero-order valence-electron chi connectivity index (χ0n) is 11.7. The Morgan fingerprint density at radius 1 is 1.42 bits per heavy atom. The minimum Gasteiger partial charge on any atom is -0.352 e. The van der Waals surface area contributed by atoms with Crippen molar-refractivity contribution in [3.8, 4) is 0 Å². The highest BCUT2D eigenvalue weighted by molar-refractivity contribution is 6.32. The van der Waals surface area contributed by atoms with E-state index in [-0.39, 0.29) is 17.1 Å². The van der Waals surface area contributed by atoms with Gasteiger partial charge in [-0.05, 0) is 33.2 Å². The van der Waals surface area contributed by atoms with Crippen molar-refractivity contribution >= 4 is 30.3 Å². The van der Waals surface area contributed by atoms with E-state index in [1.165, 1.54) is 0 Å². The summed E-state index contributed by atoms with van der Waals surface area (Å²) in [4.78, 5) is 20.8. The summed E-state index contributed by atoms with van der Waals surface area (Å²) in [7, 11) is 5.75. The molecule has 0 aliphatic carbocycles. The summed E-state index contributed by atoms with van der Waals surface area (Å²) >= 11 is 0. The fraction of sp³-hybridized carbons (Fsp3) is 0.462. The van der Waals surface area contributed by atoms with Crippen LogP contribution >= 0.6 is 0 Å². The molecule has 0 fully saturated rings. The quantitative estimate of drug-likeness (QED) is 0.822. The third-order valence-electron chi connectivity index (χ3n) is 2.90. The second-order valence-electron chi connectivity index (χ2n) is 4.82. The normalized spacial score (nSPS) is 11.2. The lowest BCUT2D eigenvalue weighted by atomic mass is 9.96. The van der Waals surface area contributed by atoms with E-state index >= 15 is 0 Å². The Bertz CT molecular complexity index is 678. The van der Waals surface area contributed by atoms with Crippen LogP contribution in [0, 0.1) is 6.92 Å². The van der Waals surface area contributed by atoms with E-state index in [1.807, 2.05) is 27.7 Å². The van der Waals surface area contributed by atoms with Gasteiger partial charge in [-0.25, -0.2) is 4.98 Å². The molecule has 2 radical (unpaired) electrons. The predicted molar refractivity (Wildman–Crippen MR) is 78.4 cm³/mol. The second-order valence-corrected chi connectivity index (χ2v) is 4.82. The number of anilines is 1. The van der Waals surface area contributed by atoms with Crippen LogP contribution in [0.5, 0.6) is 0 Å². The average molecular weight is 256 g/mol. The van der Waals surface area contributed by atoms with Crippen LogP contribution in [0.2, 0.25) is 0 Å². The first-order valence-electron chi connectivity index (χ1n) is 6.38. The molecule has 6 heteroatoms. The molecule has 0 spiro atoms. The SMILES string of the molecule is [B]c1cc2c(C)nc(NC(C)C)nc2n(CC)c1=O. The lowest BCUT2D eigenvalue weighted by Gasteiger charge is -2.14. The lowest BCUT2D eigenvalue weighted by molar-refractivity contribution is 0.751. The van der Waals surface area contributed by atoms with Crippen LogP contribution in [-0.4, -0.2) is 28.4 Å². The van der Waals surface area contributed by atoms with E-state index in [0.717, 1.165) is 11.1 Å². The van der Waals surface area contributed by atoms with E-state index < -0.39 is 0 Å². The van der Waals surface area contributed by atoms with Crippen molar-refractivity contribution in [3.05, 3.63) is 22.1 Å². The molecular formula is C13H17BN4O. The van der Waals surface area contributed by atoms with Gasteiger partial charge in [-0.15, -0.1) is 0 Å². The Kier molecular flexibility index (Phi) is 3.60. The molecule has 0 saturated carbocycles. The predicted octanol–water partition coefficient (Wildman–Crippen LogP) is 0.734. The monoisotopic (exact) mass is 256 g/mol. The summed E-state index contributed by atoms with van der Waals surface area (Å²) in [6, 6.07) is 1.88. The standard InChI is InChI=1S/C13H17BN4O/c1-5-18-11-9(6-10(14)12(18)19)8(4)16-13(17-11)15-7(2)3/h6-7H,5H2,1-4H3,(H,15,16,17). The van der Waals surface area contributed by atoms with Gasteiger partial charge in [0, 0.05) is 18.0 Å². The fourth-order valence-corrected chi connectivity index (χ4v) is 2.03. The summed E-state index contributed by atoms with van der Waals surface area (Å²) in [5.41, 5.74) is 1.45. The molecule has 0 bridgehead atoms. The number of nitrogens with one attached hydrogen (secondary N) is 1. The van der Waals surface area contributed by atoms with Crippen molar-refractivity contribution in [2.24, 2.45) is 0 Å². The maximum atomic E-state index is 12.0. The number of nitrogens with zero attached hydrogens (tertiary/aromatic N) is 3. The van der Waals surface area contributed by atoms with Gasteiger partial charge in [-0.1, -0.05) is 6.07 Å². The molecule has 0 unspecified atom stereocenters. The molecule has 2 aromatic rings. The van der Waals surface area contributed by atoms with Gasteiger partial charge in [-0.3, -0.25) is 9.36 Å². The number of pyridine rings is 1. The van der Waals surface area contributed by atoms with Gasteiger partial charge in [0.05, 0.1) is 5.69 Å². The zero-order valence-corrected chi connectivity index (χ0v) is 11.7. The highest BCUT2D eigenvalue weighted by Gasteiger charge is 2.11. The van der Waals surface area contributed by atoms with Crippen molar-refractivity contribution < 1.29 is 0 Å². The van der Waals surface area contributed by atoms with Crippen molar-refractivity contribution in [1.29, 1.82) is 0 Å². The first kappa shape index (κ1) is 13.6. The summed E-state index contributed by atoms with van der Waals surface area (Å²) in [6.07, 6.45) is 0. The Morgan fingerprint density at radius 2 is 2.11 bits per heavy atom. The molecule has 19 heavy (non-hydrogen) atoms. The largest absolute Gasteiger partial charge is 0.352 e. The number of aryl methyl sites for hydroxylation is 2. The molecule has 0 aliphatic heterocycles. The van der Waals surface area contributed by atoms with Crippen LogP contribution in [-0.2, 0) is 6.54 Å². The van der Waals surface area contributed by atoms with Crippen LogP contribution in [0.1, 0.15) is 26.5 Å². The fourth-order valence-electron chi connectivity index (χ4n) is 2.03. The Morgan fingerprint density at radius 3 is 2.68 bits per heavy atom. The molecular weight excluding hydrogens is 239 g/mol. The van der Waals surface area contributed by atoms with Crippen molar-refractivity contribution in [3.63, 3.8) is 0 Å².